The summed E-state index contributed by atoms with van der Waals surface area (Å²) in [6.07, 6.45) is 1.68. The molecule has 4 aromatic rings. The topological polar surface area (TPSA) is 29.1 Å². The molecule has 0 aromatic heterocycles. The molecule has 0 aliphatic rings. The number of para-hydroxylation sites is 1. The maximum atomic E-state index is 13.1. The Morgan fingerprint density at radius 1 is 0.667 bits per heavy atom. The molecule has 0 aliphatic carbocycles. The Hall–Kier alpha value is -3.65. The molecule has 0 amide bonds. The summed E-state index contributed by atoms with van der Waals surface area (Å²) in [6, 6.07) is 33.6. The van der Waals surface area contributed by atoms with Gasteiger partial charge < -0.3 is 5.32 Å². The average Bonchev–Trinajstić information content (AvgIpc) is 2.74. The van der Waals surface area contributed by atoms with Crippen LogP contribution in [-0.4, -0.2) is 5.78 Å². The minimum absolute atomic E-state index is 0.0194. The first-order valence-electron chi connectivity index (χ1n) is 8.92. The van der Waals surface area contributed by atoms with Crippen molar-refractivity contribution in [2.24, 2.45) is 0 Å². The van der Waals surface area contributed by atoms with Gasteiger partial charge in [-0.1, -0.05) is 91.0 Å². The van der Waals surface area contributed by atoms with Crippen molar-refractivity contribution >= 4 is 27.9 Å². The lowest BCUT2D eigenvalue weighted by molar-refractivity contribution is 0.104. The molecule has 4 aromatic carbocycles. The SMILES string of the molecule is O=C(/C=C(/Nc1ccccc1)c1ccccc1)c1cccc2ccccc12. The number of carbonyl (C=O) groups excluding carboxylic acids is 1. The summed E-state index contributed by atoms with van der Waals surface area (Å²) < 4.78 is 0. The van der Waals surface area contributed by atoms with Crippen molar-refractivity contribution in [2.45, 2.75) is 0 Å². The molecular formula is C25H19NO. The van der Waals surface area contributed by atoms with E-state index in [0.717, 1.165) is 27.7 Å². The lowest BCUT2D eigenvalue weighted by Crippen LogP contribution is -2.04. The first-order chi connectivity index (χ1) is 13.3. The predicted molar refractivity (Wildman–Crippen MR) is 113 cm³/mol. The van der Waals surface area contributed by atoms with E-state index in [1.54, 1.807) is 6.08 Å². The van der Waals surface area contributed by atoms with Crippen molar-refractivity contribution in [3.05, 3.63) is 120 Å². The molecule has 0 heterocycles. The van der Waals surface area contributed by atoms with Gasteiger partial charge in [0.2, 0.25) is 0 Å². The second kappa shape index (κ2) is 7.71. The van der Waals surface area contributed by atoms with Crippen LogP contribution < -0.4 is 5.32 Å². The lowest BCUT2D eigenvalue weighted by atomic mass is 10.00. The van der Waals surface area contributed by atoms with Crippen LogP contribution in [0.5, 0.6) is 0 Å². The zero-order chi connectivity index (χ0) is 18.5. The van der Waals surface area contributed by atoms with E-state index in [1.807, 2.05) is 103 Å². The first kappa shape index (κ1) is 16.8. The second-order valence-corrected chi connectivity index (χ2v) is 6.31. The van der Waals surface area contributed by atoms with Crippen LogP contribution >= 0.6 is 0 Å². The van der Waals surface area contributed by atoms with Crippen LogP contribution in [0.25, 0.3) is 16.5 Å². The van der Waals surface area contributed by atoms with Gasteiger partial charge in [-0.05, 0) is 28.5 Å². The van der Waals surface area contributed by atoms with E-state index < -0.39 is 0 Å². The third kappa shape index (κ3) is 3.80. The Morgan fingerprint density at radius 2 is 1.30 bits per heavy atom. The fraction of sp³-hybridized carbons (Fsp3) is 0. The number of nitrogens with one attached hydrogen (secondary N) is 1. The van der Waals surface area contributed by atoms with Crippen molar-refractivity contribution in [2.75, 3.05) is 5.32 Å². The molecule has 0 bridgehead atoms. The number of benzene rings is 4. The third-order valence-corrected chi connectivity index (χ3v) is 4.47. The highest BCUT2D eigenvalue weighted by atomic mass is 16.1. The van der Waals surface area contributed by atoms with Gasteiger partial charge in [-0.3, -0.25) is 4.79 Å². The fourth-order valence-corrected chi connectivity index (χ4v) is 3.14. The zero-order valence-electron chi connectivity index (χ0n) is 14.8. The third-order valence-electron chi connectivity index (χ3n) is 4.47. The molecule has 0 radical (unpaired) electrons. The quantitative estimate of drug-likeness (QED) is 0.344. The van der Waals surface area contributed by atoms with Crippen LogP contribution in [0.4, 0.5) is 5.69 Å². The monoisotopic (exact) mass is 349 g/mol. The molecule has 0 atom stereocenters. The number of allylic oxidation sites excluding steroid dienone is 1. The Kier molecular flexibility index (Phi) is 4.80. The second-order valence-electron chi connectivity index (χ2n) is 6.31. The van der Waals surface area contributed by atoms with E-state index in [2.05, 4.69) is 5.32 Å². The van der Waals surface area contributed by atoms with Gasteiger partial charge in [-0.2, -0.15) is 0 Å². The molecule has 0 saturated heterocycles. The van der Waals surface area contributed by atoms with Gasteiger partial charge in [-0.25, -0.2) is 0 Å². The smallest absolute Gasteiger partial charge is 0.188 e. The molecule has 0 saturated carbocycles. The molecule has 2 nitrogen and oxygen atoms in total. The average molecular weight is 349 g/mol. The standard InChI is InChI=1S/C25H19NO/c27-25(23-17-9-13-19-10-7-8-16-22(19)23)18-24(20-11-3-1-4-12-20)26-21-14-5-2-6-15-21/h1-18,26H/b24-18+. The van der Waals surface area contributed by atoms with Crippen LogP contribution in [0.2, 0.25) is 0 Å². The molecule has 0 aliphatic heterocycles. The summed E-state index contributed by atoms with van der Waals surface area (Å²) >= 11 is 0. The maximum Gasteiger partial charge on any atom is 0.188 e. The predicted octanol–water partition coefficient (Wildman–Crippen LogP) is 6.18. The summed E-state index contributed by atoms with van der Waals surface area (Å²) in [4.78, 5) is 13.1. The number of ketones is 1. The van der Waals surface area contributed by atoms with Gasteiger partial charge >= 0.3 is 0 Å². The van der Waals surface area contributed by atoms with E-state index in [4.69, 9.17) is 0 Å². The number of fused-ring (bicyclic) bond motifs is 1. The van der Waals surface area contributed by atoms with Crippen molar-refractivity contribution in [1.29, 1.82) is 0 Å². The summed E-state index contributed by atoms with van der Waals surface area (Å²) in [5.41, 5.74) is 3.39. The molecule has 0 unspecified atom stereocenters. The van der Waals surface area contributed by atoms with Gasteiger partial charge in [0.05, 0.1) is 0 Å². The van der Waals surface area contributed by atoms with Gasteiger partial charge in [0.1, 0.15) is 0 Å². The van der Waals surface area contributed by atoms with Crippen LogP contribution in [0, 0.1) is 0 Å². The molecule has 4 rings (SSSR count). The molecular weight excluding hydrogens is 330 g/mol. The number of hydrogen-bond donors (Lipinski definition) is 1. The Balaban J connectivity index is 1.77. The molecule has 1 N–H and O–H groups in total. The maximum absolute atomic E-state index is 13.1. The Labute approximate surface area is 158 Å². The highest BCUT2D eigenvalue weighted by Gasteiger charge is 2.10. The van der Waals surface area contributed by atoms with E-state index in [0.29, 0.717) is 5.56 Å². The van der Waals surface area contributed by atoms with Crippen LogP contribution in [-0.2, 0) is 0 Å². The van der Waals surface area contributed by atoms with Crippen molar-refractivity contribution < 1.29 is 4.79 Å². The first-order valence-corrected chi connectivity index (χ1v) is 8.92. The van der Waals surface area contributed by atoms with Crippen LogP contribution in [0.15, 0.2) is 109 Å². The zero-order valence-corrected chi connectivity index (χ0v) is 14.8. The highest BCUT2D eigenvalue weighted by molar-refractivity contribution is 6.16. The Bertz CT molecular complexity index is 1090. The minimum Gasteiger partial charge on any atom is -0.355 e. The summed E-state index contributed by atoms with van der Waals surface area (Å²) in [5, 5.41) is 5.41. The Morgan fingerprint density at radius 3 is 2.07 bits per heavy atom. The van der Waals surface area contributed by atoms with Crippen molar-refractivity contribution in [1.82, 2.24) is 0 Å². The van der Waals surface area contributed by atoms with Crippen molar-refractivity contribution in [3.63, 3.8) is 0 Å². The summed E-state index contributed by atoms with van der Waals surface area (Å²) in [5.74, 6) is -0.0194. The normalized spacial score (nSPS) is 11.3. The molecule has 27 heavy (non-hydrogen) atoms. The molecule has 2 heteroatoms. The van der Waals surface area contributed by atoms with E-state index >= 15 is 0 Å². The number of hydrogen-bond acceptors (Lipinski definition) is 2. The number of carbonyl (C=O) groups is 1. The molecule has 130 valence electrons. The number of anilines is 1. The molecule has 0 spiro atoms. The highest BCUT2D eigenvalue weighted by Crippen LogP contribution is 2.23. The summed E-state index contributed by atoms with van der Waals surface area (Å²) in [7, 11) is 0. The van der Waals surface area contributed by atoms with Gasteiger partial charge in [0, 0.05) is 23.0 Å². The van der Waals surface area contributed by atoms with Gasteiger partial charge in [-0.15, -0.1) is 0 Å². The minimum atomic E-state index is -0.0194. The number of rotatable bonds is 5. The lowest BCUT2D eigenvalue weighted by Gasteiger charge is -2.12. The van der Waals surface area contributed by atoms with E-state index in [9.17, 15) is 4.79 Å². The summed E-state index contributed by atoms with van der Waals surface area (Å²) in [6.45, 7) is 0. The van der Waals surface area contributed by atoms with Crippen molar-refractivity contribution in [3.8, 4) is 0 Å². The largest absolute Gasteiger partial charge is 0.355 e. The molecule has 0 fully saturated rings. The van der Waals surface area contributed by atoms with Gasteiger partial charge in [0.15, 0.2) is 5.78 Å². The van der Waals surface area contributed by atoms with Crippen LogP contribution in [0.1, 0.15) is 15.9 Å². The van der Waals surface area contributed by atoms with E-state index in [-0.39, 0.29) is 5.78 Å². The fourth-order valence-electron chi connectivity index (χ4n) is 3.14. The van der Waals surface area contributed by atoms with Crippen LogP contribution in [0.3, 0.4) is 0 Å². The van der Waals surface area contributed by atoms with Gasteiger partial charge in [0.25, 0.3) is 0 Å². The van der Waals surface area contributed by atoms with E-state index in [1.165, 1.54) is 0 Å².